The average Bonchev–Trinajstić information content (AvgIpc) is 3.59. The number of fused-ring (bicyclic) bond motifs is 1. The maximum atomic E-state index is 13.4. The van der Waals surface area contributed by atoms with Crippen LogP contribution in [0.25, 0.3) is 28.0 Å². The number of nitrogen functional groups attached to an aromatic ring is 2. The number of nitrogens with two attached hydrogens (primary N) is 2. The van der Waals surface area contributed by atoms with Crippen molar-refractivity contribution in [2.45, 2.75) is 51.6 Å². The molecule has 214 valence electrons. The van der Waals surface area contributed by atoms with Gasteiger partial charge in [-0.1, -0.05) is 6.07 Å². The number of benzene rings is 1. The van der Waals surface area contributed by atoms with Gasteiger partial charge in [0.15, 0.2) is 11.4 Å². The van der Waals surface area contributed by atoms with Gasteiger partial charge in [0.2, 0.25) is 0 Å². The largest absolute Gasteiger partial charge is 0.383 e. The molecule has 1 aromatic carbocycles. The number of halogens is 1. The monoisotopic (exact) mass is 567 g/mol. The van der Waals surface area contributed by atoms with Crippen molar-refractivity contribution in [1.29, 1.82) is 0 Å². The van der Waals surface area contributed by atoms with Crippen molar-refractivity contribution < 1.29 is 14.0 Å². The van der Waals surface area contributed by atoms with Gasteiger partial charge in [-0.2, -0.15) is 14.7 Å². The molecule has 42 heavy (non-hydrogen) atoms. The highest BCUT2D eigenvalue weighted by Crippen LogP contribution is 2.39. The smallest absolute Gasteiger partial charge is 0.272 e. The lowest BCUT2D eigenvalue weighted by atomic mass is 9.82. The molecule has 1 saturated heterocycles. The summed E-state index contributed by atoms with van der Waals surface area (Å²) >= 11 is 0. The number of hydrogen-bond donors (Lipinski definition) is 3. The molecule has 5 heterocycles. The van der Waals surface area contributed by atoms with Crippen molar-refractivity contribution in [1.82, 2.24) is 34.7 Å². The van der Waals surface area contributed by atoms with Crippen LogP contribution >= 0.6 is 0 Å². The Morgan fingerprint density at radius 2 is 1.69 bits per heavy atom. The zero-order valence-electron chi connectivity index (χ0n) is 23.4. The number of Topliss-reactive ketones (excluding diaryl/α,β-unsaturated/α-hetero) is 1. The molecule has 0 spiro atoms. The molecular weight excluding hydrogens is 537 g/mol. The van der Waals surface area contributed by atoms with E-state index in [1.54, 1.807) is 24.5 Å². The Balaban J connectivity index is 1.36. The second kappa shape index (κ2) is 10.4. The van der Waals surface area contributed by atoms with E-state index >= 15 is 0 Å². The van der Waals surface area contributed by atoms with E-state index < -0.39 is 0 Å². The van der Waals surface area contributed by atoms with E-state index in [9.17, 15) is 14.0 Å². The first-order valence-corrected chi connectivity index (χ1v) is 13.7. The zero-order chi connectivity index (χ0) is 29.7. The highest BCUT2D eigenvalue weighted by molar-refractivity contribution is 6.00. The summed E-state index contributed by atoms with van der Waals surface area (Å²) in [6, 6.07) is 11.1. The van der Waals surface area contributed by atoms with Crippen molar-refractivity contribution in [3.8, 4) is 22.4 Å². The molecule has 1 amide bonds. The van der Waals surface area contributed by atoms with E-state index in [2.05, 4.69) is 20.3 Å². The second-order valence-corrected chi connectivity index (χ2v) is 10.8. The molecule has 5 aromatic rings. The summed E-state index contributed by atoms with van der Waals surface area (Å²) in [6.07, 6.45) is 4.53. The minimum absolute atomic E-state index is 0.126. The number of nitrogens with one attached hydrogen (secondary N) is 1. The van der Waals surface area contributed by atoms with Gasteiger partial charge >= 0.3 is 0 Å². The Morgan fingerprint density at radius 1 is 1.00 bits per heavy atom. The SMILES string of the molecule is CC(=O)c1c(C2C[C@@H](C)N(C(=O)c3cc(N)n[nH]3)[C@@H](C)C2)nc2c(-c3ccc(-c4ccc(F)cc4)nc3)cnn2c1N. The lowest BCUT2D eigenvalue weighted by Crippen LogP contribution is -2.49. The number of pyridine rings is 1. The third-order valence-electron chi connectivity index (χ3n) is 7.93. The number of carbonyl (C=O) groups excluding carboxylic acids is 2. The molecule has 4 aromatic heterocycles. The minimum Gasteiger partial charge on any atom is -0.383 e. The van der Waals surface area contributed by atoms with Crippen LogP contribution in [0.2, 0.25) is 0 Å². The number of hydrogen-bond acceptors (Lipinski definition) is 8. The van der Waals surface area contributed by atoms with Crippen LogP contribution < -0.4 is 11.5 Å². The maximum absolute atomic E-state index is 13.4. The summed E-state index contributed by atoms with van der Waals surface area (Å²) in [5.74, 6) is -0.344. The predicted octanol–water partition coefficient (Wildman–Crippen LogP) is 4.48. The number of aromatic amines is 1. The van der Waals surface area contributed by atoms with E-state index in [1.807, 2.05) is 30.9 Å². The van der Waals surface area contributed by atoms with Crippen LogP contribution in [0.1, 0.15) is 66.1 Å². The summed E-state index contributed by atoms with van der Waals surface area (Å²) in [5.41, 5.74) is 17.0. The molecule has 11 nitrogen and oxygen atoms in total. The van der Waals surface area contributed by atoms with Gasteiger partial charge in [0.25, 0.3) is 5.91 Å². The van der Waals surface area contributed by atoms with E-state index in [-0.39, 0.29) is 47.1 Å². The Kier molecular flexibility index (Phi) is 6.68. The summed E-state index contributed by atoms with van der Waals surface area (Å²) < 4.78 is 14.8. The zero-order valence-corrected chi connectivity index (χ0v) is 23.4. The number of carbonyl (C=O) groups is 2. The number of anilines is 2. The van der Waals surface area contributed by atoms with Crippen molar-refractivity contribution in [3.63, 3.8) is 0 Å². The molecular formula is C30H30FN9O2. The molecule has 12 heteroatoms. The highest BCUT2D eigenvalue weighted by Gasteiger charge is 2.38. The molecule has 0 radical (unpaired) electrons. The summed E-state index contributed by atoms with van der Waals surface area (Å²) in [5, 5.41) is 11.0. The molecule has 0 bridgehead atoms. The minimum atomic E-state index is -0.310. The fourth-order valence-electron chi connectivity index (χ4n) is 6.03. The number of ketones is 1. The number of likely N-dealkylation sites (tertiary alicyclic amines) is 1. The van der Waals surface area contributed by atoms with Gasteiger partial charge in [-0.05, 0) is 63.9 Å². The number of aromatic nitrogens is 6. The Morgan fingerprint density at radius 3 is 2.29 bits per heavy atom. The molecule has 1 unspecified atom stereocenters. The first kappa shape index (κ1) is 27.1. The number of nitrogens with zero attached hydrogens (tertiary/aromatic N) is 6. The van der Waals surface area contributed by atoms with Crippen LogP contribution in [-0.2, 0) is 0 Å². The normalized spacial score (nSPS) is 18.9. The second-order valence-electron chi connectivity index (χ2n) is 10.8. The number of rotatable bonds is 5. The molecule has 5 N–H and O–H groups in total. The van der Waals surface area contributed by atoms with Crippen LogP contribution in [-0.4, -0.2) is 58.5 Å². The fourth-order valence-corrected chi connectivity index (χ4v) is 6.03. The van der Waals surface area contributed by atoms with Crippen LogP contribution in [0, 0.1) is 5.82 Å². The van der Waals surface area contributed by atoms with Gasteiger partial charge < -0.3 is 16.4 Å². The van der Waals surface area contributed by atoms with Crippen LogP contribution in [0.5, 0.6) is 0 Å². The van der Waals surface area contributed by atoms with Crippen molar-refractivity contribution in [3.05, 3.63) is 77.6 Å². The van der Waals surface area contributed by atoms with Crippen LogP contribution in [0.15, 0.2) is 54.9 Å². The maximum Gasteiger partial charge on any atom is 0.272 e. The third kappa shape index (κ3) is 4.64. The van der Waals surface area contributed by atoms with Crippen molar-refractivity contribution in [2.75, 3.05) is 11.5 Å². The molecule has 3 atom stereocenters. The van der Waals surface area contributed by atoms with E-state index in [4.69, 9.17) is 16.5 Å². The molecule has 1 aliphatic heterocycles. The molecule has 0 saturated carbocycles. The molecule has 0 aliphatic carbocycles. The first-order valence-electron chi connectivity index (χ1n) is 13.7. The summed E-state index contributed by atoms with van der Waals surface area (Å²) in [7, 11) is 0. The Labute approximate surface area is 240 Å². The number of H-pyrrole nitrogens is 1. The van der Waals surface area contributed by atoms with Crippen LogP contribution in [0.3, 0.4) is 0 Å². The summed E-state index contributed by atoms with van der Waals surface area (Å²) in [4.78, 5) is 37.5. The lowest BCUT2D eigenvalue weighted by molar-refractivity contribution is 0.0468. The van der Waals surface area contributed by atoms with E-state index in [0.717, 1.165) is 11.1 Å². The number of amides is 1. The van der Waals surface area contributed by atoms with Crippen molar-refractivity contribution in [2.24, 2.45) is 0 Å². The lowest BCUT2D eigenvalue weighted by Gasteiger charge is -2.42. The standard InChI is InChI=1S/C30H30FN9O2/c1-15-10-20(11-16(2)39(15)30(42)24-12-25(32)38-37-24)27-26(17(3)41)28(33)40-29(36-27)22(14-35-40)19-6-9-23(34-13-19)18-4-7-21(31)8-5-18/h4-9,12-16,20H,10-11,33H2,1-3H3,(H3,32,37,38)/t15-,16+,20?. The highest BCUT2D eigenvalue weighted by atomic mass is 19.1. The number of piperidine rings is 1. The average molecular weight is 568 g/mol. The van der Waals surface area contributed by atoms with Gasteiger partial charge in [0.1, 0.15) is 23.1 Å². The van der Waals surface area contributed by atoms with Gasteiger partial charge in [0.05, 0.1) is 23.1 Å². The summed E-state index contributed by atoms with van der Waals surface area (Å²) in [6.45, 7) is 5.43. The van der Waals surface area contributed by atoms with Gasteiger partial charge in [-0.3, -0.25) is 19.7 Å². The molecule has 1 aliphatic rings. The van der Waals surface area contributed by atoms with E-state index in [0.29, 0.717) is 46.7 Å². The van der Waals surface area contributed by atoms with E-state index in [1.165, 1.54) is 29.6 Å². The predicted molar refractivity (Wildman–Crippen MR) is 156 cm³/mol. The van der Waals surface area contributed by atoms with Gasteiger partial charge in [-0.15, -0.1) is 0 Å². The quantitative estimate of drug-likeness (QED) is 0.262. The first-order chi connectivity index (χ1) is 20.1. The third-order valence-corrected chi connectivity index (χ3v) is 7.93. The van der Waals surface area contributed by atoms with Gasteiger partial charge in [0, 0.05) is 47.0 Å². The van der Waals surface area contributed by atoms with Crippen molar-refractivity contribution >= 4 is 29.0 Å². The fraction of sp³-hybridized carbons (Fsp3) is 0.267. The Hall–Kier alpha value is -5.13. The molecule has 6 rings (SSSR count). The van der Waals surface area contributed by atoms with Gasteiger partial charge in [-0.25, -0.2) is 9.37 Å². The molecule has 1 fully saturated rings. The topological polar surface area (TPSA) is 161 Å². The van der Waals surface area contributed by atoms with Crippen LogP contribution in [0.4, 0.5) is 16.0 Å². The Bertz CT molecular complexity index is 1800.